The molecule has 2 heterocycles. The lowest BCUT2D eigenvalue weighted by Crippen LogP contribution is -2.28. The van der Waals surface area contributed by atoms with Crippen LogP contribution in [0.5, 0.6) is 0 Å². The van der Waals surface area contributed by atoms with Crippen molar-refractivity contribution in [2.24, 2.45) is 12.8 Å². The number of tetrazole rings is 1. The van der Waals surface area contributed by atoms with Crippen LogP contribution in [0.3, 0.4) is 0 Å². The molecule has 0 fully saturated rings. The van der Waals surface area contributed by atoms with Crippen LogP contribution in [0.15, 0.2) is 24.5 Å². The van der Waals surface area contributed by atoms with E-state index in [1.54, 1.807) is 10.9 Å². The highest BCUT2D eigenvalue weighted by Crippen LogP contribution is 2.12. The van der Waals surface area contributed by atoms with E-state index in [0.29, 0.717) is 6.54 Å². The third-order valence-electron chi connectivity index (χ3n) is 2.61. The molecule has 0 amide bonds. The molecular formula is C11H17N7. The normalized spacial score (nSPS) is 10.6. The van der Waals surface area contributed by atoms with E-state index in [1.807, 2.05) is 25.4 Å². The zero-order valence-electron chi connectivity index (χ0n) is 10.4. The lowest BCUT2D eigenvalue weighted by molar-refractivity contribution is 0.660. The summed E-state index contributed by atoms with van der Waals surface area (Å²) in [5.41, 5.74) is 6.69. The van der Waals surface area contributed by atoms with Crippen molar-refractivity contribution in [1.29, 1.82) is 0 Å². The topological polar surface area (TPSA) is 85.8 Å². The third kappa shape index (κ3) is 3.01. The summed E-state index contributed by atoms with van der Waals surface area (Å²) in [5.74, 6) is 0.743. The molecule has 0 spiro atoms. The van der Waals surface area contributed by atoms with Crippen LogP contribution in [-0.2, 0) is 13.6 Å². The average Bonchev–Trinajstić information content (AvgIpc) is 2.82. The van der Waals surface area contributed by atoms with Crippen molar-refractivity contribution >= 4 is 5.95 Å². The summed E-state index contributed by atoms with van der Waals surface area (Å²) < 4.78 is 1.66. The standard InChI is InChI=1S/C11H17N7/c1-17-11(14-15-16-17)18(7-3-5-12)9-10-4-2-6-13-8-10/h2,4,6,8H,3,5,7,9,12H2,1H3. The lowest BCUT2D eigenvalue weighted by atomic mass is 10.2. The van der Waals surface area contributed by atoms with Crippen molar-refractivity contribution < 1.29 is 0 Å². The van der Waals surface area contributed by atoms with Gasteiger partial charge in [-0.25, -0.2) is 4.68 Å². The Morgan fingerprint density at radius 2 is 2.33 bits per heavy atom. The molecule has 2 aromatic heterocycles. The molecule has 0 unspecified atom stereocenters. The summed E-state index contributed by atoms with van der Waals surface area (Å²) in [7, 11) is 1.83. The van der Waals surface area contributed by atoms with Gasteiger partial charge in [-0.2, -0.15) is 0 Å². The molecule has 2 rings (SSSR count). The number of pyridine rings is 1. The van der Waals surface area contributed by atoms with Crippen molar-refractivity contribution in [3.8, 4) is 0 Å². The molecule has 0 saturated carbocycles. The van der Waals surface area contributed by atoms with Gasteiger partial charge in [0.1, 0.15) is 0 Å². The molecule has 0 aliphatic heterocycles. The van der Waals surface area contributed by atoms with Gasteiger partial charge in [0, 0.05) is 32.5 Å². The fourth-order valence-corrected chi connectivity index (χ4v) is 1.74. The fraction of sp³-hybridized carbons (Fsp3) is 0.455. The van der Waals surface area contributed by atoms with Gasteiger partial charge in [-0.05, 0) is 35.0 Å². The Morgan fingerprint density at radius 1 is 1.44 bits per heavy atom. The van der Waals surface area contributed by atoms with Crippen LogP contribution in [0.25, 0.3) is 0 Å². The number of rotatable bonds is 6. The van der Waals surface area contributed by atoms with Gasteiger partial charge in [0.2, 0.25) is 5.95 Å². The molecule has 2 aromatic rings. The van der Waals surface area contributed by atoms with Gasteiger partial charge in [-0.3, -0.25) is 4.98 Å². The van der Waals surface area contributed by atoms with E-state index < -0.39 is 0 Å². The second-order valence-electron chi connectivity index (χ2n) is 4.03. The van der Waals surface area contributed by atoms with Crippen LogP contribution in [0.4, 0.5) is 5.95 Å². The van der Waals surface area contributed by atoms with E-state index >= 15 is 0 Å². The van der Waals surface area contributed by atoms with Crippen molar-refractivity contribution in [2.45, 2.75) is 13.0 Å². The number of aryl methyl sites for hydroxylation is 1. The van der Waals surface area contributed by atoms with Crippen molar-refractivity contribution in [3.05, 3.63) is 30.1 Å². The summed E-state index contributed by atoms with van der Waals surface area (Å²) in [6.45, 7) is 2.19. The largest absolute Gasteiger partial charge is 0.335 e. The number of hydrogen-bond acceptors (Lipinski definition) is 6. The molecule has 0 bridgehead atoms. The second kappa shape index (κ2) is 6.06. The van der Waals surface area contributed by atoms with Crippen LogP contribution < -0.4 is 10.6 Å². The molecule has 2 N–H and O–H groups in total. The van der Waals surface area contributed by atoms with Crippen LogP contribution in [-0.4, -0.2) is 38.3 Å². The molecule has 0 aromatic carbocycles. The number of aromatic nitrogens is 5. The first-order valence-corrected chi connectivity index (χ1v) is 5.87. The van der Waals surface area contributed by atoms with Crippen molar-refractivity contribution in [3.63, 3.8) is 0 Å². The summed E-state index contributed by atoms with van der Waals surface area (Å²) >= 11 is 0. The van der Waals surface area contributed by atoms with Crippen LogP contribution >= 0.6 is 0 Å². The summed E-state index contributed by atoms with van der Waals surface area (Å²) in [4.78, 5) is 6.21. The minimum absolute atomic E-state index is 0.648. The Labute approximate surface area is 106 Å². The zero-order chi connectivity index (χ0) is 12.8. The first-order valence-electron chi connectivity index (χ1n) is 5.87. The summed E-state index contributed by atoms with van der Waals surface area (Å²) in [5, 5.41) is 11.6. The van der Waals surface area contributed by atoms with Gasteiger partial charge in [-0.1, -0.05) is 11.2 Å². The van der Waals surface area contributed by atoms with Crippen LogP contribution in [0.2, 0.25) is 0 Å². The molecule has 0 aliphatic rings. The highest BCUT2D eigenvalue weighted by atomic mass is 15.6. The molecule has 96 valence electrons. The van der Waals surface area contributed by atoms with Crippen molar-refractivity contribution in [2.75, 3.05) is 18.0 Å². The fourth-order valence-electron chi connectivity index (χ4n) is 1.74. The average molecular weight is 247 g/mol. The van der Waals surface area contributed by atoms with Gasteiger partial charge in [0.25, 0.3) is 0 Å². The van der Waals surface area contributed by atoms with Crippen LogP contribution in [0.1, 0.15) is 12.0 Å². The second-order valence-corrected chi connectivity index (χ2v) is 4.03. The van der Waals surface area contributed by atoms with E-state index in [-0.39, 0.29) is 0 Å². The number of anilines is 1. The van der Waals surface area contributed by atoms with Gasteiger partial charge < -0.3 is 10.6 Å². The molecule has 0 aliphatic carbocycles. The van der Waals surface area contributed by atoms with E-state index in [9.17, 15) is 0 Å². The smallest absolute Gasteiger partial charge is 0.245 e. The molecule has 18 heavy (non-hydrogen) atoms. The lowest BCUT2D eigenvalue weighted by Gasteiger charge is -2.21. The van der Waals surface area contributed by atoms with Gasteiger partial charge in [-0.15, -0.1) is 0 Å². The molecule has 0 atom stereocenters. The molecule has 7 nitrogen and oxygen atoms in total. The SMILES string of the molecule is Cn1nnnc1N(CCCN)Cc1cccnc1. The quantitative estimate of drug-likeness (QED) is 0.771. The highest BCUT2D eigenvalue weighted by molar-refractivity contribution is 5.30. The summed E-state index contributed by atoms with van der Waals surface area (Å²) in [6.07, 6.45) is 4.50. The van der Waals surface area contributed by atoms with E-state index in [0.717, 1.165) is 31.0 Å². The van der Waals surface area contributed by atoms with E-state index in [4.69, 9.17) is 5.73 Å². The van der Waals surface area contributed by atoms with Crippen molar-refractivity contribution in [1.82, 2.24) is 25.2 Å². The summed E-state index contributed by atoms with van der Waals surface area (Å²) in [6, 6.07) is 3.96. The van der Waals surface area contributed by atoms with E-state index in [2.05, 4.69) is 25.4 Å². The first kappa shape index (κ1) is 12.4. The Morgan fingerprint density at radius 3 is 2.94 bits per heavy atom. The Balaban J connectivity index is 2.13. The minimum atomic E-state index is 0.648. The predicted molar refractivity (Wildman–Crippen MR) is 67.8 cm³/mol. The zero-order valence-corrected chi connectivity index (χ0v) is 10.4. The van der Waals surface area contributed by atoms with Crippen LogP contribution in [0, 0.1) is 0 Å². The minimum Gasteiger partial charge on any atom is -0.335 e. The van der Waals surface area contributed by atoms with Gasteiger partial charge >= 0.3 is 0 Å². The Bertz CT molecular complexity index is 467. The monoisotopic (exact) mass is 247 g/mol. The van der Waals surface area contributed by atoms with Gasteiger partial charge in [0.05, 0.1) is 0 Å². The predicted octanol–water partition coefficient (Wildman–Crippen LogP) is -0.0395. The number of nitrogens with zero attached hydrogens (tertiary/aromatic N) is 6. The maximum atomic E-state index is 5.56. The molecule has 7 heteroatoms. The van der Waals surface area contributed by atoms with Gasteiger partial charge in [0.15, 0.2) is 0 Å². The highest BCUT2D eigenvalue weighted by Gasteiger charge is 2.13. The third-order valence-corrected chi connectivity index (χ3v) is 2.61. The number of hydrogen-bond donors (Lipinski definition) is 1. The molecule has 0 saturated heterocycles. The maximum absolute atomic E-state index is 5.56. The molecular weight excluding hydrogens is 230 g/mol. The van der Waals surface area contributed by atoms with E-state index in [1.165, 1.54) is 0 Å². The Kier molecular flexibility index (Phi) is 4.19. The number of nitrogens with two attached hydrogens (primary N) is 1. The maximum Gasteiger partial charge on any atom is 0.245 e. The molecule has 0 radical (unpaired) electrons. The Hall–Kier alpha value is -2.02. The first-order chi connectivity index (χ1) is 8.81.